The maximum Gasteiger partial charge on any atom is 0.339 e. The molecule has 0 bridgehead atoms. The van der Waals surface area contributed by atoms with E-state index < -0.39 is 28.0 Å². The van der Waals surface area contributed by atoms with E-state index in [9.17, 15) is 18.0 Å². The lowest BCUT2D eigenvalue weighted by molar-refractivity contribution is -0.123. The molecule has 0 aliphatic carbocycles. The standard InChI is InChI=1S/C20H25N3O5S/c1-5-23(6-2)29(26,27)18-13-17(8-7-14(18)3)22-19(24)15(4)28-20(25)16-9-11-21-12-10-16/h7-13,15H,5-6H2,1-4H3,(H,22,24)/t15-/m0/s1. The summed E-state index contributed by atoms with van der Waals surface area (Å²) in [5, 5.41) is 2.60. The molecule has 1 atom stereocenters. The van der Waals surface area contributed by atoms with Gasteiger partial charge in [-0.2, -0.15) is 4.31 Å². The summed E-state index contributed by atoms with van der Waals surface area (Å²) in [4.78, 5) is 28.4. The average Bonchev–Trinajstić information content (AvgIpc) is 2.70. The van der Waals surface area contributed by atoms with Gasteiger partial charge >= 0.3 is 5.97 Å². The van der Waals surface area contributed by atoms with Gasteiger partial charge in [0.2, 0.25) is 10.0 Å². The van der Waals surface area contributed by atoms with E-state index in [4.69, 9.17) is 4.74 Å². The number of esters is 1. The molecule has 0 saturated carbocycles. The van der Waals surface area contributed by atoms with Crippen LogP contribution in [0.25, 0.3) is 0 Å². The number of rotatable bonds is 8. The van der Waals surface area contributed by atoms with Gasteiger partial charge in [0.05, 0.1) is 10.5 Å². The minimum absolute atomic E-state index is 0.125. The summed E-state index contributed by atoms with van der Waals surface area (Å²) < 4.78 is 32.2. The number of hydrogen-bond donors (Lipinski definition) is 1. The number of carbonyl (C=O) groups is 2. The number of anilines is 1. The van der Waals surface area contributed by atoms with Crippen molar-refractivity contribution in [1.82, 2.24) is 9.29 Å². The van der Waals surface area contributed by atoms with Crippen molar-refractivity contribution in [3.05, 3.63) is 53.9 Å². The molecular formula is C20H25N3O5S. The Labute approximate surface area is 170 Å². The molecule has 1 aromatic carbocycles. The first-order valence-corrected chi connectivity index (χ1v) is 10.7. The van der Waals surface area contributed by atoms with Crippen molar-refractivity contribution in [2.75, 3.05) is 18.4 Å². The first-order valence-electron chi connectivity index (χ1n) is 9.23. The number of aromatic nitrogens is 1. The van der Waals surface area contributed by atoms with Crippen molar-refractivity contribution in [2.45, 2.75) is 38.7 Å². The van der Waals surface area contributed by atoms with Crippen molar-refractivity contribution in [3.63, 3.8) is 0 Å². The van der Waals surface area contributed by atoms with Gasteiger partial charge in [-0.25, -0.2) is 13.2 Å². The smallest absolute Gasteiger partial charge is 0.339 e. The number of nitrogens with one attached hydrogen (secondary N) is 1. The Balaban J connectivity index is 2.15. The maximum atomic E-state index is 12.8. The number of aryl methyl sites for hydroxylation is 1. The van der Waals surface area contributed by atoms with Crippen LogP contribution < -0.4 is 5.32 Å². The summed E-state index contributed by atoms with van der Waals surface area (Å²) in [6.45, 7) is 7.35. The second kappa shape index (κ2) is 9.62. The molecule has 1 N–H and O–H groups in total. The van der Waals surface area contributed by atoms with Crippen molar-refractivity contribution in [1.29, 1.82) is 0 Å². The number of ether oxygens (including phenoxy) is 1. The number of hydrogen-bond acceptors (Lipinski definition) is 6. The van der Waals surface area contributed by atoms with E-state index in [1.807, 2.05) is 0 Å². The second-order valence-electron chi connectivity index (χ2n) is 6.34. The van der Waals surface area contributed by atoms with Crippen molar-refractivity contribution < 1.29 is 22.7 Å². The van der Waals surface area contributed by atoms with Gasteiger partial charge in [-0.15, -0.1) is 0 Å². The van der Waals surface area contributed by atoms with E-state index in [1.54, 1.807) is 32.9 Å². The zero-order valence-electron chi connectivity index (χ0n) is 16.9. The number of carbonyl (C=O) groups excluding carboxylic acids is 2. The Hall–Kier alpha value is -2.78. The molecular weight excluding hydrogens is 394 g/mol. The molecule has 0 saturated heterocycles. The van der Waals surface area contributed by atoms with Crippen molar-refractivity contribution in [3.8, 4) is 0 Å². The first kappa shape index (κ1) is 22.5. The topological polar surface area (TPSA) is 106 Å². The van der Waals surface area contributed by atoms with Crippen LogP contribution in [0, 0.1) is 6.92 Å². The van der Waals surface area contributed by atoms with Gasteiger partial charge in [0, 0.05) is 31.2 Å². The first-order chi connectivity index (χ1) is 13.7. The van der Waals surface area contributed by atoms with Gasteiger partial charge in [-0.1, -0.05) is 19.9 Å². The predicted molar refractivity (Wildman–Crippen MR) is 109 cm³/mol. The van der Waals surface area contributed by atoms with Crippen LogP contribution in [0.1, 0.15) is 36.7 Å². The van der Waals surface area contributed by atoms with Crippen LogP contribution >= 0.6 is 0 Å². The minimum Gasteiger partial charge on any atom is -0.449 e. The quantitative estimate of drug-likeness (QED) is 0.660. The highest BCUT2D eigenvalue weighted by atomic mass is 32.2. The lowest BCUT2D eigenvalue weighted by Gasteiger charge is -2.20. The van der Waals surface area contributed by atoms with Crippen LogP contribution in [-0.2, 0) is 19.6 Å². The fraction of sp³-hybridized carbons (Fsp3) is 0.350. The molecule has 2 rings (SSSR count). The van der Waals surface area contributed by atoms with Crippen LogP contribution in [0.3, 0.4) is 0 Å². The summed E-state index contributed by atoms with van der Waals surface area (Å²) in [6.07, 6.45) is 1.83. The molecule has 9 heteroatoms. The fourth-order valence-corrected chi connectivity index (χ4v) is 4.38. The molecule has 29 heavy (non-hydrogen) atoms. The van der Waals surface area contributed by atoms with Gasteiger partial charge in [0.25, 0.3) is 5.91 Å². The Kier molecular flexibility index (Phi) is 7.46. The SMILES string of the molecule is CCN(CC)S(=O)(=O)c1cc(NC(=O)[C@H](C)OC(=O)c2ccncc2)ccc1C. The van der Waals surface area contributed by atoms with Crippen molar-refractivity contribution in [2.24, 2.45) is 0 Å². The summed E-state index contributed by atoms with van der Waals surface area (Å²) in [7, 11) is -3.67. The number of sulfonamides is 1. The summed E-state index contributed by atoms with van der Waals surface area (Å²) >= 11 is 0. The third-order valence-corrected chi connectivity index (χ3v) is 6.54. The zero-order chi connectivity index (χ0) is 21.6. The lowest BCUT2D eigenvalue weighted by atomic mass is 10.2. The fourth-order valence-electron chi connectivity index (χ4n) is 2.67. The maximum absolute atomic E-state index is 12.8. The Bertz CT molecular complexity index is 973. The highest BCUT2D eigenvalue weighted by molar-refractivity contribution is 7.89. The van der Waals surface area contributed by atoms with E-state index in [2.05, 4.69) is 10.3 Å². The summed E-state index contributed by atoms with van der Waals surface area (Å²) in [6, 6.07) is 7.61. The van der Waals surface area contributed by atoms with E-state index in [1.165, 1.54) is 41.8 Å². The average molecular weight is 420 g/mol. The molecule has 2 aromatic rings. The monoisotopic (exact) mass is 419 g/mol. The zero-order valence-corrected chi connectivity index (χ0v) is 17.7. The minimum atomic E-state index is -3.67. The number of pyridine rings is 1. The highest BCUT2D eigenvalue weighted by Gasteiger charge is 2.25. The predicted octanol–water partition coefficient (Wildman–Crippen LogP) is 2.60. The Morgan fingerprint density at radius 3 is 2.34 bits per heavy atom. The van der Waals surface area contributed by atoms with Gasteiger partial charge in [-0.3, -0.25) is 9.78 Å². The molecule has 0 unspecified atom stereocenters. The van der Waals surface area contributed by atoms with Gasteiger partial charge in [0.15, 0.2) is 6.10 Å². The number of benzene rings is 1. The van der Waals surface area contributed by atoms with E-state index in [0.29, 0.717) is 24.3 Å². The summed E-state index contributed by atoms with van der Waals surface area (Å²) in [5.41, 5.74) is 1.16. The third kappa shape index (κ3) is 5.39. The molecule has 1 amide bonds. The normalized spacial score (nSPS) is 12.4. The lowest BCUT2D eigenvalue weighted by Crippen LogP contribution is -2.32. The van der Waals surface area contributed by atoms with Gasteiger partial charge < -0.3 is 10.1 Å². The van der Waals surface area contributed by atoms with E-state index >= 15 is 0 Å². The second-order valence-corrected chi connectivity index (χ2v) is 8.25. The van der Waals surface area contributed by atoms with Gasteiger partial charge in [-0.05, 0) is 43.7 Å². The highest BCUT2D eigenvalue weighted by Crippen LogP contribution is 2.24. The van der Waals surface area contributed by atoms with Crippen molar-refractivity contribution >= 4 is 27.6 Å². The molecule has 8 nitrogen and oxygen atoms in total. The van der Waals surface area contributed by atoms with Crippen LogP contribution in [0.5, 0.6) is 0 Å². The van der Waals surface area contributed by atoms with Crippen LogP contribution in [0.4, 0.5) is 5.69 Å². The molecule has 0 aliphatic heterocycles. The largest absolute Gasteiger partial charge is 0.449 e. The molecule has 1 aromatic heterocycles. The summed E-state index contributed by atoms with van der Waals surface area (Å²) in [5.74, 6) is -1.22. The molecule has 0 fully saturated rings. The van der Waals surface area contributed by atoms with Gasteiger partial charge in [0.1, 0.15) is 0 Å². The Morgan fingerprint density at radius 2 is 1.76 bits per heavy atom. The molecule has 0 aliphatic rings. The van der Waals surface area contributed by atoms with E-state index in [-0.39, 0.29) is 10.5 Å². The van der Waals surface area contributed by atoms with Crippen LogP contribution in [-0.4, -0.2) is 48.8 Å². The Morgan fingerprint density at radius 1 is 1.14 bits per heavy atom. The molecule has 156 valence electrons. The van der Waals surface area contributed by atoms with Crippen LogP contribution in [0.15, 0.2) is 47.6 Å². The number of amides is 1. The number of nitrogens with zero attached hydrogens (tertiary/aromatic N) is 2. The third-order valence-electron chi connectivity index (χ3n) is 4.35. The molecule has 0 spiro atoms. The molecule has 1 heterocycles. The molecule has 0 radical (unpaired) electrons. The van der Waals surface area contributed by atoms with E-state index in [0.717, 1.165) is 0 Å². The van der Waals surface area contributed by atoms with Crippen LogP contribution in [0.2, 0.25) is 0 Å².